The Labute approximate surface area is 161 Å². The van der Waals surface area contributed by atoms with E-state index < -0.39 is 0 Å². The average Bonchev–Trinajstić information content (AvgIpc) is 3.03. The van der Waals surface area contributed by atoms with E-state index in [0.29, 0.717) is 23.4 Å². The lowest BCUT2D eigenvalue weighted by molar-refractivity contribution is -0.115. The number of benzene rings is 1. The second kappa shape index (κ2) is 8.59. The first-order valence-corrected chi connectivity index (χ1v) is 9.36. The van der Waals surface area contributed by atoms with Crippen LogP contribution in [0.2, 0.25) is 0 Å². The Balaban J connectivity index is 1.52. The third kappa shape index (κ3) is 4.79. The Hall–Kier alpha value is -3.00. The molecule has 0 saturated heterocycles. The van der Waals surface area contributed by atoms with Crippen LogP contribution < -0.4 is 5.32 Å². The highest BCUT2D eigenvalue weighted by Gasteiger charge is 2.12. The molecule has 3 rings (SSSR count). The minimum absolute atomic E-state index is 0.00129. The van der Waals surface area contributed by atoms with Crippen LogP contribution >= 0.6 is 11.8 Å². The maximum atomic E-state index is 12.1. The van der Waals surface area contributed by atoms with E-state index in [4.69, 9.17) is 0 Å². The quantitative estimate of drug-likeness (QED) is 0.499. The number of hydrogen-bond acceptors (Lipinski definition) is 6. The monoisotopic (exact) mass is 381 g/mol. The number of carbonyl (C=O) groups excluding carboxylic acids is 2. The SMILES string of the molecule is CC(=O)c1ccc(NC(=O)CCSc2nnc(-c3cccnc3)n2C)cc1. The van der Waals surface area contributed by atoms with Crippen molar-refractivity contribution in [3.8, 4) is 11.4 Å². The molecule has 7 nitrogen and oxygen atoms in total. The van der Waals surface area contributed by atoms with E-state index in [1.54, 1.807) is 36.7 Å². The lowest BCUT2D eigenvalue weighted by atomic mass is 10.1. The van der Waals surface area contributed by atoms with Gasteiger partial charge in [-0.25, -0.2) is 0 Å². The molecule has 0 bridgehead atoms. The van der Waals surface area contributed by atoms with Gasteiger partial charge in [0, 0.05) is 48.4 Å². The summed E-state index contributed by atoms with van der Waals surface area (Å²) in [5.74, 6) is 1.23. The first-order valence-electron chi connectivity index (χ1n) is 8.38. The van der Waals surface area contributed by atoms with Gasteiger partial charge in [-0.1, -0.05) is 11.8 Å². The van der Waals surface area contributed by atoms with Crippen molar-refractivity contribution >= 4 is 29.1 Å². The molecule has 0 unspecified atom stereocenters. The molecule has 2 heterocycles. The van der Waals surface area contributed by atoms with Crippen molar-refractivity contribution in [1.29, 1.82) is 0 Å². The zero-order valence-corrected chi connectivity index (χ0v) is 15.9. The Bertz CT molecular complexity index is 938. The lowest BCUT2D eigenvalue weighted by Crippen LogP contribution is -2.12. The summed E-state index contributed by atoms with van der Waals surface area (Å²) in [5, 5.41) is 11.9. The van der Waals surface area contributed by atoms with Crippen LogP contribution in [0.15, 0.2) is 53.9 Å². The number of thioether (sulfide) groups is 1. The third-order valence-electron chi connectivity index (χ3n) is 3.89. The predicted molar refractivity (Wildman–Crippen MR) is 105 cm³/mol. The second-order valence-electron chi connectivity index (χ2n) is 5.89. The van der Waals surface area contributed by atoms with Gasteiger partial charge in [-0.15, -0.1) is 10.2 Å². The van der Waals surface area contributed by atoms with E-state index >= 15 is 0 Å². The molecule has 1 amide bonds. The number of nitrogens with one attached hydrogen (secondary N) is 1. The number of amides is 1. The third-order valence-corrected chi connectivity index (χ3v) is 4.91. The fraction of sp³-hybridized carbons (Fsp3) is 0.211. The van der Waals surface area contributed by atoms with Crippen molar-refractivity contribution in [2.24, 2.45) is 7.05 Å². The number of nitrogens with zero attached hydrogens (tertiary/aromatic N) is 4. The number of anilines is 1. The van der Waals surface area contributed by atoms with Crippen LogP contribution in [0, 0.1) is 0 Å². The maximum absolute atomic E-state index is 12.1. The summed E-state index contributed by atoms with van der Waals surface area (Å²) in [7, 11) is 1.89. The number of pyridine rings is 1. The van der Waals surface area contributed by atoms with Gasteiger partial charge in [0.1, 0.15) is 0 Å². The number of Topliss-reactive ketones (excluding diaryl/α,β-unsaturated/α-hetero) is 1. The molecule has 3 aromatic rings. The Morgan fingerprint density at radius 3 is 2.59 bits per heavy atom. The highest BCUT2D eigenvalue weighted by Crippen LogP contribution is 2.22. The number of ketones is 1. The normalized spacial score (nSPS) is 10.6. The van der Waals surface area contributed by atoms with E-state index in [9.17, 15) is 9.59 Å². The maximum Gasteiger partial charge on any atom is 0.225 e. The highest BCUT2D eigenvalue weighted by atomic mass is 32.2. The van der Waals surface area contributed by atoms with E-state index in [2.05, 4.69) is 20.5 Å². The predicted octanol–water partition coefficient (Wildman–Crippen LogP) is 3.20. The van der Waals surface area contributed by atoms with Crippen molar-refractivity contribution in [3.63, 3.8) is 0 Å². The van der Waals surface area contributed by atoms with E-state index in [1.807, 2.05) is 23.7 Å². The topological polar surface area (TPSA) is 89.8 Å². The molecule has 1 aromatic carbocycles. The van der Waals surface area contributed by atoms with Crippen molar-refractivity contribution in [1.82, 2.24) is 19.7 Å². The first-order chi connectivity index (χ1) is 13.0. The summed E-state index contributed by atoms with van der Waals surface area (Å²) in [5.41, 5.74) is 2.19. The Morgan fingerprint density at radius 2 is 1.93 bits per heavy atom. The minimum atomic E-state index is -0.0901. The van der Waals surface area contributed by atoms with Crippen LogP contribution in [0.1, 0.15) is 23.7 Å². The molecule has 27 heavy (non-hydrogen) atoms. The van der Waals surface area contributed by atoms with Crippen LogP contribution in [-0.2, 0) is 11.8 Å². The molecule has 8 heteroatoms. The zero-order chi connectivity index (χ0) is 19.2. The fourth-order valence-electron chi connectivity index (χ4n) is 2.43. The van der Waals surface area contributed by atoms with Gasteiger partial charge in [0.2, 0.25) is 5.91 Å². The van der Waals surface area contributed by atoms with Crippen LogP contribution in [0.5, 0.6) is 0 Å². The second-order valence-corrected chi connectivity index (χ2v) is 6.95. The molecule has 138 valence electrons. The first kappa shape index (κ1) is 18.8. The van der Waals surface area contributed by atoms with Gasteiger partial charge in [0.05, 0.1) is 0 Å². The Kier molecular flexibility index (Phi) is 5.97. The standard InChI is InChI=1S/C19H19N5O2S/c1-13(25)14-5-7-16(8-6-14)21-17(26)9-11-27-19-23-22-18(24(19)2)15-4-3-10-20-12-15/h3-8,10,12H,9,11H2,1-2H3,(H,21,26). The van der Waals surface area contributed by atoms with Crippen molar-refractivity contribution < 1.29 is 9.59 Å². The molecule has 0 saturated carbocycles. The molecule has 0 aliphatic heterocycles. The van der Waals surface area contributed by atoms with Gasteiger partial charge in [0.25, 0.3) is 0 Å². The molecule has 0 aliphatic carbocycles. The lowest BCUT2D eigenvalue weighted by Gasteiger charge is -2.06. The number of carbonyl (C=O) groups is 2. The van der Waals surface area contributed by atoms with Crippen LogP contribution in [0.3, 0.4) is 0 Å². The van der Waals surface area contributed by atoms with Crippen molar-refractivity contribution in [2.75, 3.05) is 11.1 Å². The molecule has 0 spiro atoms. The van der Waals surface area contributed by atoms with Gasteiger partial charge < -0.3 is 9.88 Å². The van der Waals surface area contributed by atoms with Crippen LogP contribution in [0.25, 0.3) is 11.4 Å². The number of rotatable bonds is 7. The summed E-state index contributed by atoms with van der Waals surface area (Å²) in [6.45, 7) is 1.51. The molecule has 0 fully saturated rings. The van der Waals surface area contributed by atoms with Crippen molar-refractivity contribution in [3.05, 3.63) is 54.4 Å². The van der Waals surface area contributed by atoms with E-state index in [-0.39, 0.29) is 11.7 Å². The zero-order valence-electron chi connectivity index (χ0n) is 15.0. The van der Waals surface area contributed by atoms with Gasteiger partial charge >= 0.3 is 0 Å². The summed E-state index contributed by atoms with van der Waals surface area (Å²) >= 11 is 1.47. The van der Waals surface area contributed by atoms with Gasteiger partial charge in [-0.3, -0.25) is 14.6 Å². The molecular formula is C19H19N5O2S. The van der Waals surface area contributed by atoms with Crippen molar-refractivity contribution in [2.45, 2.75) is 18.5 Å². The summed E-state index contributed by atoms with van der Waals surface area (Å²) in [6.07, 6.45) is 3.79. The highest BCUT2D eigenvalue weighted by molar-refractivity contribution is 7.99. The molecular weight excluding hydrogens is 362 g/mol. The van der Waals surface area contributed by atoms with Gasteiger partial charge in [-0.2, -0.15) is 0 Å². The summed E-state index contributed by atoms with van der Waals surface area (Å²) in [4.78, 5) is 27.5. The molecule has 1 N–H and O–H groups in total. The molecule has 0 radical (unpaired) electrons. The Morgan fingerprint density at radius 1 is 1.15 bits per heavy atom. The van der Waals surface area contributed by atoms with E-state index in [0.717, 1.165) is 16.5 Å². The molecule has 2 aromatic heterocycles. The average molecular weight is 381 g/mol. The van der Waals surface area contributed by atoms with Gasteiger partial charge in [-0.05, 0) is 43.3 Å². The smallest absolute Gasteiger partial charge is 0.225 e. The van der Waals surface area contributed by atoms with E-state index in [1.165, 1.54) is 18.7 Å². The minimum Gasteiger partial charge on any atom is -0.326 e. The number of aromatic nitrogens is 4. The summed E-state index contributed by atoms with van der Waals surface area (Å²) in [6, 6.07) is 10.6. The largest absolute Gasteiger partial charge is 0.326 e. The van der Waals surface area contributed by atoms with Crippen LogP contribution in [-0.4, -0.2) is 37.2 Å². The summed E-state index contributed by atoms with van der Waals surface area (Å²) < 4.78 is 1.89. The van der Waals surface area contributed by atoms with Crippen LogP contribution in [0.4, 0.5) is 5.69 Å². The number of hydrogen-bond donors (Lipinski definition) is 1. The molecule has 0 atom stereocenters. The molecule has 0 aliphatic rings. The van der Waals surface area contributed by atoms with Gasteiger partial charge in [0.15, 0.2) is 16.8 Å². The fourth-order valence-corrected chi connectivity index (χ4v) is 3.28.